The molecule has 0 saturated carbocycles. The van der Waals surface area contributed by atoms with Crippen LogP contribution in [0.1, 0.15) is 55.0 Å². The van der Waals surface area contributed by atoms with Crippen LogP contribution in [0.15, 0.2) is 6.07 Å². The molecule has 5 heteroatoms. The third-order valence-corrected chi connectivity index (χ3v) is 4.56. The number of hydrogen-bond acceptors (Lipinski definition) is 2. The Bertz CT molecular complexity index is 574. The summed E-state index contributed by atoms with van der Waals surface area (Å²) in [6.07, 6.45) is 0.533. The first-order valence-electron chi connectivity index (χ1n) is 7.47. The number of rotatable bonds is 3. The lowest BCUT2D eigenvalue weighted by Gasteiger charge is -2.23. The molecular weight excluding hydrogens is 268 g/mol. The molecule has 2 unspecified atom stereocenters. The topological polar surface area (TPSA) is 62.5 Å². The fourth-order valence-electron chi connectivity index (χ4n) is 3.50. The van der Waals surface area contributed by atoms with Gasteiger partial charge in [-0.05, 0) is 47.1 Å². The van der Waals surface area contributed by atoms with Crippen LogP contribution >= 0.6 is 0 Å². The molecule has 0 spiro atoms. The second-order valence-electron chi connectivity index (χ2n) is 6.22. The highest BCUT2D eigenvalue weighted by Gasteiger charge is 2.39. The number of hydrogen-bond donors (Lipinski definition) is 1. The first-order valence-corrected chi connectivity index (χ1v) is 7.47. The number of aryl methyl sites for hydroxylation is 1. The molecule has 1 amide bonds. The fourth-order valence-corrected chi connectivity index (χ4v) is 3.50. The Balaban J connectivity index is 2.30. The van der Waals surface area contributed by atoms with E-state index in [1.54, 1.807) is 4.90 Å². The number of likely N-dealkylation sites (tertiary alicyclic amines) is 1. The van der Waals surface area contributed by atoms with Gasteiger partial charge in [0.15, 0.2) is 0 Å². The molecular formula is C16H24N2O3. The van der Waals surface area contributed by atoms with Crippen LogP contribution in [0.3, 0.4) is 0 Å². The van der Waals surface area contributed by atoms with Crippen molar-refractivity contribution >= 4 is 11.9 Å². The second kappa shape index (κ2) is 5.54. The Hall–Kier alpha value is -1.78. The molecule has 1 aromatic heterocycles. The summed E-state index contributed by atoms with van der Waals surface area (Å²) in [5, 5.41) is 9.19. The highest BCUT2D eigenvalue weighted by molar-refractivity contribution is 5.96. The van der Waals surface area contributed by atoms with Crippen LogP contribution in [0, 0.1) is 19.8 Å². The standard InChI is InChI=1S/C16H24N2O3/c1-9(2)18-10(3)8-14(12(18)5)15(19)17-7-6-13(11(17)4)16(20)21/h8-9,11,13H,6-7H2,1-5H3,(H,20,21). The van der Waals surface area contributed by atoms with Crippen molar-refractivity contribution in [1.29, 1.82) is 0 Å². The summed E-state index contributed by atoms with van der Waals surface area (Å²) in [6, 6.07) is 1.96. The number of amides is 1. The van der Waals surface area contributed by atoms with E-state index in [1.165, 1.54) is 0 Å². The maximum Gasteiger partial charge on any atom is 0.308 e. The zero-order valence-corrected chi connectivity index (χ0v) is 13.4. The Morgan fingerprint density at radius 2 is 1.95 bits per heavy atom. The summed E-state index contributed by atoms with van der Waals surface area (Å²) in [7, 11) is 0. The number of carboxylic acid groups (broad SMARTS) is 1. The molecule has 21 heavy (non-hydrogen) atoms. The van der Waals surface area contributed by atoms with Gasteiger partial charge in [0, 0.05) is 30.0 Å². The van der Waals surface area contributed by atoms with Crippen molar-refractivity contribution in [3.8, 4) is 0 Å². The van der Waals surface area contributed by atoms with Crippen LogP contribution in [0.5, 0.6) is 0 Å². The molecule has 1 N–H and O–H groups in total. The van der Waals surface area contributed by atoms with Crippen molar-refractivity contribution in [3.05, 3.63) is 23.0 Å². The lowest BCUT2D eigenvalue weighted by atomic mass is 10.0. The van der Waals surface area contributed by atoms with Gasteiger partial charge in [-0.1, -0.05) is 0 Å². The zero-order valence-electron chi connectivity index (χ0n) is 13.4. The molecule has 1 saturated heterocycles. The lowest BCUT2D eigenvalue weighted by Crippen LogP contribution is -2.37. The monoisotopic (exact) mass is 292 g/mol. The van der Waals surface area contributed by atoms with E-state index in [2.05, 4.69) is 18.4 Å². The Labute approximate surface area is 125 Å². The van der Waals surface area contributed by atoms with Crippen LogP contribution in [-0.4, -0.2) is 39.0 Å². The number of carbonyl (C=O) groups is 2. The fraction of sp³-hybridized carbons (Fsp3) is 0.625. The number of carboxylic acids is 1. The lowest BCUT2D eigenvalue weighted by molar-refractivity contribution is -0.142. The summed E-state index contributed by atoms with van der Waals surface area (Å²) in [5.74, 6) is -1.32. The third kappa shape index (κ3) is 2.57. The maximum absolute atomic E-state index is 12.8. The van der Waals surface area contributed by atoms with Crippen LogP contribution in [0.25, 0.3) is 0 Å². The molecule has 0 bridgehead atoms. The van der Waals surface area contributed by atoms with E-state index >= 15 is 0 Å². The Morgan fingerprint density at radius 3 is 2.38 bits per heavy atom. The molecule has 0 radical (unpaired) electrons. The van der Waals surface area contributed by atoms with Gasteiger partial charge in [0.25, 0.3) is 5.91 Å². The molecule has 1 aliphatic rings. The van der Waals surface area contributed by atoms with Crippen LogP contribution in [-0.2, 0) is 4.79 Å². The smallest absolute Gasteiger partial charge is 0.308 e. The quantitative estimate of drug-likeness (QED) is 0.931. The minimum atomic E-state index is -0.814. The summed E-state index contributed by atoms with van der Waals surface area (Å²) in [6.45, 7) is 10.5. The average Bonchev–Trinajstić information content (AvgIpc) is 2.89. The molecule has 1 aromatic rings. The van der Waals surface area contributed by atoms with E-state index in [4.69, 9.17) is 0 Å². The van der Waals surface area contributed by atoms with Gasteiger partial charge in [-0.25, -0.2) is 0 Å². The maximum atomic E-state index is 12.8. The van der Waals surface area contributed by atoms with E-state index in [9.17, 15) is 14.7 Å². The predicted octanol–water partition coefficient (Wildman–Crippen LogP) is 2.62. The Kier molecular flexibility index (Phi) is 4.12. The molecule has 116 valence electrons. The highest BCUT2D eigenvalue weighted by Crippen LogP contribution is 2.28. The number of aliphatic carboxylic acids is 1. The molecule has 2 rings (SSSR count). The van der Waals surface area contributed by atoms with Crippen molar-refractivity contribution in [2.24, 2.45) is 5.92 Å². The molecule has 1 fully saturated rings. The molecule has 1 aliphatic heterocycles. The molecule has 2 heterocycles. The predicted molar refractivity (Wildman–Crippen MR) is 80.5 cm³/mol. The molecule has 0 aliphatic carbocycles. The second-order valence-corrected chi connectivity index (χ2v) is 6.22. The summed E-state index contributed by atoms with van der Waals surface area (Å²) in [4.78, 5) is 25.6. The van der Waals surface area contributed by atoms with E-state index in [1.807, 2.05) is 26.8 Å². The molecule has 2 atom stereocenters. The van der Waals surface area contributed by atoms with Gasteiger partial charge in [-0.15, -0.1) is 0 Å². The van der Waals surface area contributed by atoms with Gasteiger partial charge in [0.1, 0.15) is 0 Å². The third-order valence-electron chi connectivity index (χ3n) is 4.56. The first kappa shape index (κ1) is 15.6. The summed E-state index contributed by atoms with van der Waals surface area (Å²) in [5.41, 5.74) is 2.71. The molecule has 5 nitrogen and oxygen atoms in total. The summed E-state index contributed by atoms with van der Waals surface area (Å²) < 4.78 is 2.14. The van der Waals surface area contributed by atoms with Crippen molar-refractivity contribution < 1.29 is 14.7 Å². The van der Waals surface area contributed by atoms with E-state index < -0.39 is 11.9 Å². The van der Waals surface area contributed by atoms with Gasteiger partial charge < -0.3 is 14.6 Å². The minimum absolute atomic E-state index is 0.0498. The van der Waals surface area contributed by atoms with E-state index in [0.717, 1.165) is 11.4 Å². The van der Waals surface area contributed by atoms with Crippen LogP contribution < -0.4 is 0 Å². The first-order chi connectivity index (χ1) is 9.75. The van der Waals surface area contributed by atoms with Crippen molar-refractivity contribution in [3.63, 3.8) is 0 Å². The van der Waals surface area contributed by atoms with Gasteiger partial charge in [0.2, 0.25) is 0 Å². The van der Waals surface area contributed by atoms with Gasteiger partial charge in [-0.2, -0.15) is 0 Å². The number of nitrogens with zero attached hydrogens (tertiary/aromatic N) is 2. The van der Waals surface area contributed by atoms with Crippen molar-refractivity contribution in [2.45, 2.75) is 53.1 Å². The SMILES string of the molecule is Cc1cc(C(=O)N2CCC(C(=O)O)C2C)c(C)n1C(C)C. The Morgan fingerprint density at radius 1 is 1.33 bits per heavy atom. The van der Waals surface area contributed by atoms with E-state index in [0.29, 0.717) is 24.6 Å². The van der Waals surface area contributed by atoms with Gasteiger partial charge >= 0.3 is 5.97 Å². The van der Waals surface area contributed by atoms with Crippen LogP contribution in [0.4, 0.5) is 0 Å². The van der Waals surface area contributed by atoms with Crippen LogP contribution in [0.2, 0.25) is 0 Å². The average molecular weight is 292 g/mol. The normalized spacial score (nSPS) is 22.1. The molecule has 0 aromatic carbocycles. The van der Waals surface area contributed by atoms with Gasteiger partial charge in [-0.3, -0.25) is 9.59 Å². The van der Waals surface area contributed by atoms with Crippen molar-refractivity contribution in [1.82, 2.24) is 9.47 Å². The zero-order chi connectivity index (χ0) is 15.9. The number of carbonyl (C=O) groups excluding carboxylic acids is 1. The minimum Gasteiger partial charge on any atom is -0.481 e. The van der Waals surface area contributed by atoms with Gasteiger partial charge in [0.05, 0.1) is 11.5 Å². The van der Waals surface area contributed by atoms with Crippen molar-refractivity contribution in [2.75, 3.05) is 6.54 Å². The highest BCUT2D eigenvalue weighted by atomic mass is 16.4. The number of aromatic nitrogens is 1. The van der Waals surface area contributed by atoms with E-state index in [-0.39, 0.29) is 11.9 Å². The summed E-state index contributed by atoms with van der Waals surface area (Å²) >= 11 is 0. The largest absolute Gasteiger partial charge is 0.481 e.